The van der Waals surface area contributed by atoms with Gasteiger partial charge in [0.25, 0.3) is 0 Å². The third-order valence-electron chi connectivity index (χ3n) is 4.65. The highest BCUT2D eigenvalue weighted by atomic mass is 35.5. The van der Waals surface area contributed by atoms with E-state index in [1.165, 1.54) is 18.4 Å². The minimum atomic E-state index is -0.686. The number of carbonyl (C=O) groups excluding carboxylic acids is 1. The largest absolute Gasteiger partial charge is 0.465 e. The van der Waals surface area contributed by atoms with Gasteiger partial charge in [0.2, 0.25) is 0 Å². The first kappa shape index (κ1) is 25.2. The monoisotopic (exact) mass is 480 g/mol. The first-order valence-corrected chi connectivity index (χ1v) is 11.0. The highest BCUT2D eigenvalue weighted by molar-refractivity contribution is 7.14. The average molecular weight is 481 g/mol. The summed E-state index contributed by atoms with van der Waals surface area (Å²) in [5, 5.41) is 15.0. The number of esters is 1. The van der Waals surface area contributed by atoms with E-state index in [9.17, 15) is 9.90 Å². The van der Waals surface area contributed by atoms with E-state index in [2.05, 4.69) is 12.3 Å². The van der Waals surface area contributed by atoms with E-state index >= 15 is 0 Å². The van der Waals surface area contributed by atoms with Gasteiger partial charge in [0.1, 0.15) is 0 Å². The molecule has 0 saturated carbocycles. The van der Waals surface area contributed by atoms with Gasteiger partial charge < -0.3 is 14.9 Å². The predicted octanol–water partition coefficient (Wildman–Crippen LogP) is 5.73. The lowest BCUT2D eigenvalue weighted by Crippen LogP contribution is -2.41. The fourth-order valence-electron chi connectivity index (χ4n) is 3.17. The molecule has 0 fully saturated rings. The summed E-state index contributed by atoms with van der Waals surface area (Å²) in [5.74, 6) is -0.343. The van der Waals surface area contributed by atoms with Crippen LogP contribution in [-0.4, -0.2) is 31.3 Å². The van der Waals surface area contributed by atoms with Gasteiger partial charge in [0, 0.05) is 23.0 Å². The molecule has 0 saturated heterocycles. The van der Waals surface area contributed by atoms with Crippen molar-refractivity contribution in [1.82, 2.24) is 5.43 Å². The van der Waals surface area contributed by atoms with Gasteiger partial charge in [-0.2, -0.15) is 0 Å². The lowest BCUT2D eigenvalue weighted by molar-refractivity contribution is 0.0602. The number of aliphatic hydroxyl groups excluding tert-OH is 1. The zero-order valence-corrected chi connectivity index (χ0v) is 19.8. The summed E-state index contributed by atoms with van der Waals surface area (Å²) in [6, 6.07) is 17.0. The van der Waals surface area contributed by atoms with Crippen LogP contribution in [0.15, 0.2) is 60.0 Å². The maximum Gasteiger partial charge on any atom is 0.339 e. The average Bonchev–Trinajstić information content (AvgIpc) is 3.26. The quantitative estimate of drug-likeness (QED) is 0.302. The lowest BCUT2D eigenvalue weighted by Gasteiger charge is -2.27. The summed E-state index contributed by atoms with van der Waals surface area (Å²) < 4.78 is 4.90. The molecule has 0 unspecified atom stereocenters. The van der Waals surface area contributed by atoms with Crippen LogP contribution in [0.2, 0.25) is 5.02 Å². The number of anilines is 1. The van der Waals surface area contributed by atoms with Gasteiger partial charge in [0.05, 0.1) is 24.5 Å². The Labute approximate surface area is 198 Å². The van der Waals surface area contributed by atoms with Crippen LogP contribution in [-0.2, 0) is 4.74 Å². The first-order valence-electron chi connectivity index (χ1n) is 9.74. The summed E-state index contributed by atoms with van der Waals surface area (Å²) in [7, 11) is 1.39. The molecule has 1 aromatic heterocycles. The number of nitrogens with one attached hydrogen (secondary N) is 1. The van der Waals surface area contributed by atoms with Gasteiger partial charge in [-0.15, -0.1) is 23.7 Å². The number of aliphatic hydroxyl groups is 1. The molecule has 3 rings (SSSR count). The molecule has 5 nitrogen and oxygen atoms in total. The van der Waals surface area contributed by atoms with Crippen molar-refractivity contribution in [1.29, 1.82) is 0 Å². The third kappa shape index (κ3) is 6.45. The Balaban J connectivity index is 0.00000341. The van der Waals surface area contributed by atoms with Gasteiger partial charge in [-0.05, 0) is 53.3 Å². The molecular formula is C23H26Cl2N2O3S. The molecule has 0 aliphatic carbocycles. The van der Waals surface area contributed by atoms with Crippen LogP contribution < -0.4 is 10.4 Å². The molecule has 31 heavy (non-hydrogen) atoms. The fourth-order valence-corrected chi connectivity index (χ4v) is 4.25. The molecule has 3 aromatic rings. The van der Waals surface area contributed by atoms with E-state index in [-0.39, 0.29) is 18.4 Å². The maximum absolute atomic E-state index is 12.1. The topological polar surface area (TPSA) is 61.8 Å². The second-order valence-electron chi connectivity index (χ2n) is 6.79. The van der Waals surface area contributed by atoms with E-state index in [1.807, 2.05) is 46.8 Å². The number of hydrazine groups is 1. The summed E-state index contributed by atoms with van der Waals surface area (Å²) in [6.45, 7) is 3.21. The summed E-state index contributed by atoms with van der Waals surface area (Å²) in [4.78, 5) is 12.9. The molecule has 0 bridgehead atoms. The number of nitrogens with zero attached hydrogens (tertiary/aromatic N) is 1. The van der Waals surface area contributed by atoms with Crippen molar-refractivity contribution in [2.45, 2.75) is 19.4 Å². The van der Waals surface area contributed by atoms with Crippen molar-refractivity contribution >= 4 is 47.0 Å². The van der Waals surface area contributed by atoms with Gasteiger partial charge >= 0.3 is 5.97 Å². The highest BCUT2D eigenvalue weighted by Crippen LogP contribution is 2.32. The van der Waals surface area contributed by atoms with Crippen LogP contribution in [0.5, 0.6) is 0 Å². The van der Waals surface area contributed by atoms with Crippen LogP contribution in [0, 0.1) is 0 Å². The molecular weight excluding hydrogens is 455 g/mol. The smallest absolute Gasteiger partial charge is 0.339 e. The second-order valence-corrected chi connectivity index (χ2v) is 8.14. The number of hydrogen-bond donors (Lipinski definition) is 2. The number of hydrogen-bond acceptors (Lipinski definition) is 6. The fraction of sp³-hybridized carbons (Fsp3) is 0.261. The molecule has 166 valence electrons. The highest BCUT2D eigenvalue weighted by Gasteiger charge is 2.16. The van der Waals surface area contributed by atoms with Crippen molar-refractivity contribution in [3.05, 3.63) is 76.1 Å². The number of ether oxygens (including phenoxy) is 1. The Morgan fingerprint density at radius 1 is 1.23 bits per heavy atom. The number of thiophene rings is 1. The Bertz CT molecular complexity index is 996. The third-order valence-corrected chi connectivity index (χ3v) is 5.85. The molecule has 2 aromatic carbocycles. The number of carbonyl (C=O) groups is 1. The van der Waals surface area contributed by atoms with Crippen molar-refractivity contribution in [2.75, 3.05) is 25.2 Å². The van der Waals surface area contributed by atoms with Crippen LogP contribution in [0.25, 0.3) is 10.4 Å². The molecule has 0 aliphatic rings. The Morgan fingerprint density at radius 2 is 2.00 bits per heavy atom. The van der Waals surface area contributed by atoms with Crippen molar-refractivity contribution in [3.63, 3.8) is 0 Å². The molecule has 0 aliphatic heterocycles. The SMILES string of the molecule is CCCN(NC[C@H](O)c1cccc(Cl)c1)c1cccc(-c2sccc2C(=O)OC)c1.Cl. The van der Waals surface area contributed by atoms with E-state index in [1.54, 1.807) is 18.2 Å². The molecule has 1 heterocycles. The van der Waals surface area contributed by atoms with Gasteiger partial charge in [0.15, 0.2) is 0 Å². The minimum Gasteiger partial charge on any atom is -0.465 e. The number of halogens is 2. The van der Waals surface area contributed by atoms with E-state index in [0.717, 1.165) is 34.7 Å². The zero-order chi connectivity index (χ0) is 21.5. The van der Waals surface area contributed by atoms with Crippen LogP contribution >= 0.6 is 35.3 Å². The Morgan fingerprint density at radius 3 is 2.71 bits per heavy atom. The normalized spacial score (nSPS) is 11.5. The maximum atomic E-state index is 12.1. The summed E-state index contributed by atoms with van der Waals surface area (Å²) in [5.41, 5.74) is 6.56. The standard InChI is InChI=1S/C23H25ClN2O3S.ClH/c1-3-11-26(25-15-21(27)16-6-4-8-18(24)13-16)19-9-5-7-17(14-19)22-20(10-12-30-22)23(28)29-2;/h4-10,12-14,21,25,27H,3,11,15H2,1-2H3;1H/t21-;/m0./s1. The molecule has 8 heteroatoms. The van der Waals surface area contributed by atoms with Crippen molar-refractivity contribution in [3.8, 4) is 10.4 Å². The van der Waals surface area contributed by atoms with Crippen LogP contribution in [0.4, 0.5) is 5.69 Å². The van der Waals surface area contributed by atoms with Crippen molar-refractivity contribution in [2.24, 2.45) is 0 Å². The molecule has 2 N–H and O–H groups in total. The lowest BCUT2D eigenvalue weighted by atomic mass is 10.1. The number of rotatable bonds is 9. The van der Waals surface area contributed by atoms with E-state index in [0.29, 0.717) is 17.1 Å². The molecule has 0 radical (unpaired) electrons. The number of methoxy groups -OCH3 is 1. The first-order chi connectivity index (χ1) is 14.5. The van der Waals surface area contributed by atoms with E-state index in [4.69, 9.17) is 16.3 Å². The van der Waals surface area contributed by atoms with Gasteiger partial charge in [-0.25, -0.2) is 10.2 Å². The van der Waals surface area contributed by atoms with Gasteiger partial charge in [-0.3, -0.25) is 0 Å². The zero-order valence-electron chi connectivity index (χ0n) is 17.4. The van der Waals surface area contributed by atoms with Gasteiger partial charge in [-0.1, -0.05) is 42.8 Å². The number of benzene rings is 2. The molecule has 0 spiro atoms. The minimum absolute atomic E-state index is 0. The Hall–Kier alpha value is -2.09. The molecule has 0 amide bonds. The van der Waals surface area contributed by atoms with Crippen LogP contribution in [0.3, 0.4) is 0 Å². The summed E-state index contributed by atoms with van der Waals surface area (Å²) >= 11 is 7.54. The second kappa shape index (κ2) is 12.1. The predicted molar refractivity (Wildman–Crippen MR) is 130 cm³/mol. The Kier molecular flexibility index (Phi) is 9.81. The van der Waals surface area contributed by atoms with Crippen LogP contribution in [0.1, 0.15) is 35.4 Å². The van der Waals surface area contributed by atoms with E-state index < -0.39 is 6.10 Å². The summed E-state index contributed by atoms with van der Waals surface area (Å²) in [6.07, 6.45) is 0.242. The molecule has 1 atom stereocenters. The van der Waals surface area contributed by atoms with Crippen molar-refractivity contribution < 1.29 is 14.6 Å².